The predicted molar refractivity (Wildman–Crippen MR) is 114 cm³/mol. The zero-order valence-corrected chi connectivity index (χ0v) is 17.2. The van der Waals surface area contributed by atoms with Crippen LogP contribution in [0, 0.1) is 5.82 Å². The van der Waals surface area contributed by atoms with Crippen LogP contribution in [0.1, 0.15) is 36.9 Å². The minimum absolute atomic E-state index is 0.0947. The van der Waals surface area contributed by atoms with Crippen LogP contribution >= 0.6 is 11.3 Å². The lowest BCUT2D eigenvalue weighted by Crippen LogP contribution is -2.42. The average molecular weight is 402 g/mol. The molecule has 0 amide bonds. The van der Waals surface area contributed by atoms with Crippen LogP contribution in [-0.2, 0) is 11.8 Å². The predicted octanol–water partition coefficient (Wildman–Crippen LogP) is 3.32. The van der Waals surface area contributed by atoms with E-state index in [0.717, 1.165) is 61.2 Å². The van der Waals surface area contributed by atoms with E-state index in [1.807, 2.05) is 12.1 Å². The first-order chi connectivity index (χ1) is 13.7. The minimum Gasteiger partial charge on any atom is -0.356 e. The summed E-state index contributed by atoms with van der Waals surface area (Å²) in [4.78, 5) is 11.4. The number of hydrogen-bond acceptors (Lipinski definition) is 4. The molecule has 0 atom stereocenters. The van der Waals surface area contributed by atoms with Gasteiger partial charge in [0.05, 0.1) is 5.69 Å². The van der Waals surface area contributed by atoms with E-state index in [1.165, 1.54) is 12.8 Å². The van der Waals surface area contributed by atoms with Crippen molar-refractivity contribution in [3.63, 3.8) is 0 Å². The van der Waals surface area contributed by atoms with E-state index in [9.17, 15) is 4.39 Å². The molecule has 5 nitrogen and oxygen atoms in total. The van der Waals surface area contributed by atoms with Crippen molar-refractivity contribution >= 4 is 22.4 Å². The summed E-state index contributed by atoms with van der Waals surface area (Å²) in [6.45, 7) is 3.73. The van der Waals surface area contributed by atoms with Crippen LogP contribution in [0.25, 0.3) is 0 Å². The molecule has 2 aromatic rings. The van der Waals surface area contributed by atoms with E-state index in [-0.39, 0.29) is 11.2 Å². The maximum atomic E-state index is 14.2. The molecule has 1 saturated carbocycles. The van der Waals surface area contributed by atoms with Gasteiger partial charge in [-0.25, -0.2) is 9.37 Å². The van der Waals surface area contributed by atoms with Gasteiger partial charge in [0.2, 0.25) is 0 Å². The Hall–Kier alpha value is -2.15. The molecule has 150 valence electrons. The van der Waals surface area contributed by atoms with Gasteiger partial charge in [0.15, 0.2) is 11.1 Å². The smallest absolute Gasteiger partial charge is 0.191 e. The molecule has 2 heterocycles. The molecule has 2 fully saturated rings. The Labute approximate surface area is 170 Å². The fourth-order valence-electron chi connectivity index (χ4n) is 3.83. The standard InChI is InChI=1S/C21H28FN5S/c1-23-19(25-15-21(9-10-21)17-6-2-3-7-18(17)22)24-11-8-16-14-28-20(26-16)27-12-4-5-13-27/h2-3,6-7,14H,4-5,8-13,15H2,1H3,(H2,23,24,25). The van der Waals surface area contributed by atoms with E-state index in [1.54, 1.807) is 30.5 Å². The molecule has 1 aromatic carbocycles. The van der Waals surface area contributed by atoms with Gasteiger partial charge in [-0.2, -0.15) is 0 Å². The highest BCUT2D eigenvalue weighted by Gasteiger charge is 2.45. The van der Waals surface area contributed by atoms with Gasteiger partial charge in [0.25, 0.3) is 0 Å². The van der Waals surface area contributed by atoms with Crippen molar-refractivity contribution in [2.24, 2.45) is 4.99 Å². The lowest BCUT2D eigenvalue weighted by atomic mass is 9.95. The van der Waals surface area contributed by atoms with Crippen molar-refractivity contribution in [2.45, 2.75) is 37.5 Å². The second-order valence-electron chi connectivity index (χ2n) is 7.68. The largest absolute Gasteiger partial charge is 0.356 e. The lowest BCUT2D eigenvalue weighted by molar-refractivity contribution is 0.559. The number of thiazole rings is 1. The monoisotopic (exact) mass is 401 g/mol. The maximum absolute atomic E-state index is 14.2. The molecule has 1 aliphatic heterocycles. The van der Waals surface area contributed by atoms with Crippen molar-refractivity contribution in [3.05, 3.63) is 46.7 Å². The van der Waals surface area contributed by atoms with E-state index in [4.69, 9.17) is 4.98 Å². The van der Waals surface area contributed by atoms with Crippen molar-refractivity contribution in [3.8, 4) is 0 Å². The molecule has 1 aromatic heterocycles. The van der Waals surface area contributed by atoms with E-state index in [0.29, 0.717) is 6.54 Å². The number of rotatable bonds is 7. The average Bonchev–Trinajstić information content (AvgIpc) is 3.10. The van der Waals surface area contributed by atoms with Crippen LogP contribution in [0.3, 0.4) is 0 Å². The van der Waals surface area contributed by atoms with Gasteiger partial charge in [0, 0.05) is 50.4 Å². The van der Waals surface area contributed by atoms with Gasteiger partial charge < -0.3 is 15.5 Å². The highest BCUT2D eigenvalue weighted by molar-refractivity contribution is 7.13. The number of nitrogens with zero attached hydrogens (tertiary/aromatic N) is 3. The first-order valence-corrected chi connectivity index (χ1v) is 11.0. The zero-order chi connectivity index (χ0) is 19.4. The van der Waals surface area contributed by atoms with Crippen molar-refractivity contribution in [2.75, 3.05) is 38.1 Å². The molecule has 0 spiro atoms. The van der Waals surface area contributed by atoms with Gasteiger partial charge in [-0.1, -0.05) is 18.2 Å². The summed E-state index contributed by atoms with van der Waals surface area (Å²) in [6, 6.07) is 7.11. The van der Waals surface area contributed by atoms with Crippen molar-refractivity contribution in [1.82, 2.24) is 15.6 Å². The summed E-state index contributed by atoms with van der Waals surface area (Å²) in [7, 11) is 1.77. The molecular weight excluding hydrogens is 373 g/mol. The second kappa shape index (κ2) is 8.47. The molecular formula is C21H28FN5S. The molecule has 28 heavy (non-hydrogen) atoms. The van der Waals surface area contributed by atoms with Crippen LogP contribution in [-0.4, -0.2) is 44.2 Å². The molecule has 1 saturated heterocycles. The maximum Gasteiger partial charge on any atom is 0.191 e. The van der Waals surface area contributed by atoms with Crippen LogP contribution in [0.4, 0.5) is 9.52 Å². The number of anilines is 1. The summed E-state index contributed by atoms with van der Waals surface area (Å²) in [5, 5.41) is 10.0. The molecule has 7 heteroatoms. The number of benzene rings is 1. The van der Waals surface area contributed by atoms with E-state index < -0.39 is 0 Å². The first-order valence-electron chi connectivity index (χ1n) is 10.1. The molecule has 0 bridgehead atoms. The summed E-state index contributed by atoms with van der Waals surface area (Å²) in [5.74, 6) is 0.652. The third kappa shape index (κ3) is 4.29. The number of aliphatic imine (C=N–C) groups is 1. The molecule has 2 aliphatic rings. The summed E-state index contributed by atoms with van der Waals surface area (Å²) in [5.41, 5.74) is 1.84. The van der Waals surface area contributed by atoms with Gasteiger partial charge in [-0.15, -0.1) is 11.3 Å². The fraction of sp³-hybridized carbons (Fsp3) is 0.524. The normalized spacial score (nSPS) is 18.4. The van der Waals surface area contributed by atoms with E-state index in [2.05, 4.69) is 25.9 Å². The molecule has 0 radical (unpaired) electrons. The third-order valence-electron chi connectivity index (χ3n) is 5.71. The Bertz CT molecular complexity index is 824. The number of halogens is 1. The zero-order valence-electron chi connectivity index (χ0n) is 16.4. The first kappa shape index (κ1) is 19.2. The lowest BCUT2D eigenvalue weighted by Gasteiger charge is -2.19. The van der Waals surface area contributed by atoms with Crippen LogP contribution < -0.4 is 15.5 Å². The highest BCUT2D eigenvalue weighted by Crippen LogP contribution is 2.48. The Morgan fingerprint density at radius 2 is 2.04 bits per heavy atom. The Balaban J connectivity index is 1.25. The summed E-state index contributed by atoms with van der Waals surface area (Å²) in [6.07, 6.45) is 5.43. The Kier molecular flexibility index (Phi) is 5.80. The van der Waals surface area contributed by atoms with Crippen LogP contribution in [0.15, 0.2) is 34.6 Å². The number of guanidine groups is 1. The molecule has 1 aliphatic carbocycles. The highest BCUT2D eigenvalue weighted by atomic mass is 32.1. The Morgan fingerprint density at radius 3 is 2.75 bits per heavy atom. The molecule has 0 unspecified atom stereocenters. The second-order valence-corrected chi connectivity index (χ2v) is 8.51. The van der Waals surface area contributed by atoms with Crippen LogP contribution in [0.5, 0.6) is 0 Å². The van der Waals surface area contributed by atoms with E-state index >= 15 is 0 Å². The van der Waals surface area contributed by atoms with Gasteiger partial charge in [-0.05, 0) is 37.3 Å². The topological polar surface area (TPSA) is 52.6 Å². The summed E-state index contributed by atoms with van der Waals surface area (Å²) < 4.78 is 14.2. The van der Waals surface area contributed by atoms with Crippen molar-refractivity contribution in [1.29, 1.82) is 0 Å². The number of nitrogens with one attached hydrogen (secondary N) is 2. The van der Waals surface area contributed by atoms with Crippen molar-refractivity contribution < 1.29 is 4.39 Å². The van der Waals surface area contributed by atoms with Gasteiger partial charge >= 0.3 is 0 Å². The van der Waals surface area contributed by atoms with Gasteiger partial charge in [-0.3, -0.25) is 4.99 Å². The quantitative estimate of drug-likeness (QED) is 0.552. The van der Waals surface area contributed by atoms with Gasteiger partial charge in [0.1, 0.15) is 5.82 Å². The fourth-order valence-corrected chi connectivity index (χ4v) is 4.74. The SMILES string of the molecule is CN=C(NCCc1csc(N2CCCC2)n1)NCC1(c2ccccc2F)CC1. The Morgan fingerprint density at radius 1 is 1.25 bits per heavy atom. The molecule has 4 rings (SSSR count). The number of aromatic nitrogens is 1. The number of hydrogen-bond donors (Lipinski definition) is 2. The minimum atomic E-state index is -0.109. The summed E-state index contributed by atoms with van der Waals surface area (Å²) >= 11 is 1.74. The third-order valence-corrected chi connectivity index (χ3v) is 6.66. The van der Waals surface area contributed by atoms with Crippen LogP contribution in [0.2, 0.25) is 0 Å². The molecule has 2 N–H and O–H groups in total.